The molecule has 27 heavy (non-hydrogen) atoms. The van der Waals surface area contributed by atoms with Crippen molar-refractivity contribution >= 4 is 22.9 Å². The Hall–Kier alpha value is -3.19. The number of nitro benzene ring substituents is 1. The molecule has 4 rings (SSSR count). The lowest BCUT2D eigenvalue weighted by molar-refractivity contribution is -0.759. The van der Waals surface area contributed by atoms with Gasteiger partial charge in [-0.2, -0.15) is 4.99 Å². The van der Waals surface area contributed by atoms with Crippen LogP contribution in [0.3, 0.4) is 0 Å². The van der Waals surface area contributed by atoms with E-state index in [0.717, 1.165) is 40.6 Å². The average molecular weight is 365 g/mol. The number of nitrogens with one attached hydrogen (secondary N) is 1. The highest BCUT2D eigenvalue weighted by atomic mass is 16.6. The number of anilines is 2. The van der Waals surface area contributed by atoms with Gasteiger partial charge in [-0.25, -0.2) is 4.90 Å². The van der Waals surface area contributed by atoms with Crippen LogP contribution in [0.2, 0.25) is 0 Å². The Bertz CT molecular complexity index is 979. The van der Waals surface area contributed by atoms with Crippen molar-refractivity contribution in [3.63, 3.8) is 0 Å². The van der Waals surface area contributed by atoms with Gasteiger partial charge in [0.2, 0.25) is 5.84 Å². The fourth-order valence-corrected chi connectivity index (χ4v) is 3.62. The Morgan fingerprint density at radius 2 is 1.93 bits per heavy atom. The molecule has 2 aliphatic rings. The van der Waals surface area contributed by atoms with Crippen molar-refractivity contribution < 1.29 is 14.6 Å². The predicted octanol–water partition coefficient (Wildman–Crippen LogP) is 2.80. The highest BCUT2D eigenvalue weighted by molar-refractivity contribution is 5.84. The lowest BCUT2D eigenvalue weighted by atomic mass is 10.1. The summed E-state index contributed by atoms with van der Waals surface area (Å²) in [5.41, 5.74) is 5.45. The fraction of sp³-hybridized carbons (Fsp3) is 0.250. The fourth-order valence-electron chi connectivity index (χ4n) is 3.62. The highest BCUT2D eigenvalue weighted by Gasteiger charge is 2.35. The first-order chi connectivity index (χ1) is 13.0. The minimum atomic E-state index is -0.379. The summed E-state index contributed by atoms with van der Waals surface area (Å²) in [5, 5.41) is 11.0. The van der Waals surface area contributed by atoms with Gasteiger partial charge < -0.3 is 4.74 Å². The summed E-state index contributed by atoms with van der Waals surface area (Å²) in [6.07, 6.45) is 0.757. The number of amidine groups is 1. The SMILES string of the molecule is COc1ccc2c(c1)N(c1ccc([N+](=O)[O-])cc1)C[NH+]1C(=NC(C)=C1C)C2. The van der Waals surface area contributed by atoms with E-state index >= 15 is 0 Å². The molecule has 0 fully saturated rings. The molecular formula is C20H21N4O3+. The minimum Gasteiger partial charge on any atom is -0.497 e. The molecule has 0 spiro atoms. The number of hydrogen-bond acceptors (Lipinski definition) is 5. The lowest BCUT2D eigenvalue weighted by Gasteiger charge is -2.26. The van der Waals surface area contributed by atoms with Crippen LogP contribution >= 0.6 is 0 Å². The minimum absolute atomic E-state index is 0.0853. The standard InChI is InChI=1S/C20H20N4O3/c1-13-14(2)22-12-23(16-5-7-17(8-6-16)24(25)26)19-11-18(27-3)9-4-15(19)10-20(22)21-13/h4-9,11H,10,12H2,1-3H3/p+1. The van der Waals surface area contributed by atoms with E-state index in [2.05, 4.69) is 17.9 Å². The number of rotatable bonds is 3. The smallest absolute Gasteiger partial charge is 0.269 e. The molecule has 2 aromatic rings. The number of ether oxygens (including phenoxy) is 1. The zero-order valence-electron chi connectivity index (χ0n) is 15.5. The molecule has 2 aliphatic heterocycles. The summed E-state index contributed by atoms with van der Waals surface area (Å²) in [7, 11) is 1.65. The molecule has 0 amide bonds. The molecule has 1 atom stereocenters. The van der Waals surface area contributed by atoms with Gasteiger partial charge >= 0.3 is 0 Å². The summed E-state index contributed by atoms with van der Waals surface area (Å²) in [6, 6.07) is 12.7. The molecule has 2 aromatic carbocycles. The molecule has 1 N–H and O–H groups in total. The van der Waals surface area contributed by atoms with E-state index < -0.39 is 0 Å². The maximum atomic E-state index is 11.0. The maximum absolute atomic E-state index is 11.0. The monoisotopic (exact) mass is 365 g/mol. The topological polar surface area (TPSA) is 72.4 Å². The summed E-state index contributed by atoms with van der Waals surface area (Å²) >= 11 is 0. The number of aliphatic imine (C=N–C) groups is 1. The first-order valence-corrected chi connectivity index (χ1v) is 8.78. The van der Waals surface area contributed by atoms with Crippen molar-refractivity contribution in [3.8, 4) is 5.75 Å². The van der Waals surface area contributed by atoms with Crippen molar-refractivity contribution in [1.82, 2.24) is 0 Å². The molecule has 0 aromatic heterocycles. The third-order valence-electron chi connectivity index (χ3n) is 5.28. The van der Waals surface area contributed by atoms with Crippen molar-refractivity contribution in [2.24, 2.45) is 4.99 Å². The number of allylic oxidation sites excluding steroid dienone is 2. The second kappa shape index (κ2) is 6.51. The maximum Gasteiger partial charge on any atom is 0.269 e. The Labute approximate surface area is 157 Å². The van der Waals surface area contributed by atoms with E-state index in [4.69, 9.17) is 9.73 Å². The van der Waals surface area contributed by atoms with Gasteiger partial charge in [-0.15, -0.1) is 0 Å². The predicted molar refractivity (Wildman–Crippen MR) is 104 cm³/mol. The number of hydrogen-bond donors (Lipinski definition) is 1. The van der Waals surface area contributed by atoms with E-state index in [-0.39, 0.29) is 10.6 Å². The number of fused-ring (bicyclic) bond motifs is 2. The third-order valence-corrected chi connectivity index (χ3v) is 5.28. The van der Waals surface area contributed by atoms with E-state index in [1.165, 1.54) is 10.6 Å². The first kappa shape index (κ1) is 17.2. The second-order valence-electron chi connectivity index (χ2n) is 6.78. The number of non-ortho nitro benzene ring substituents is 1. The van der Waals surface area contributed by atoms with Gasteiger partial charge in [0.25, 0.3) is 5.69 Å². The Morgan fingerprint density at radius 1 is 1.19 bits per heavy atom. The highest BCUT2D eigenvalue weighted by Crippen LogP contribution is 2.34. The first-order valence-electron chi connectivity index (χ1n) is 8.78. The van der Waals surface area contributed by atoms with Crippen molar-refractivity contribution in [3.05, 3.63) is 69.5 Å². The van der Waals surface area contributed by atoms with Crippen LogP contribution in [0.1, 0.15) is 19.4 Å². The van der Waals surface area contributed by atoms with Gasteiger partial charge in [0.05, 0.1) is 29.8 Å². The molecule has 0 saturated carbocycles. The molecule has 0 saturated heterocycles. The van der Waals surface area contributed by atoms with Crippen LogP contribution in [0.15, 0.2) is 58.9 Å². The van der Waals surface area contributed by atoms with Crippen molar-refractivity contribution in [1.29, 1.82) is 0 Å². The van der Waals surface area contributed by atoms with Crippen LogP contribution in [-0.2, 0) is 6.42 Å². The molecule has 7 nitrogen and oxygen atoms in total. The molecule has 1 unspecified atom stereocenters. The van der Waals surface area contributed by atoms with Gasteiger partial charge in [0.1, 0.15) is 11.4 Å². The quantitative estimate of drug-likeness (QED) is 0.671. The number of quaternary nitrogens is 1. The molecule has 0 aliphatic carbocycles. The summed E-state index contributed by atoms with van der Waals surface area (Å²) in [6.45, 7) is 4.81. The summed E-state index contributed by atoms with van der Waals surface area (Å²) < 4.78 is 5.43. The number of methoxy groups -OCH3 is 1. The van der Waals surface area contributed by atoms with Crippen molar-refractivity contribution in [2.75, 3.05) is 18.7 Å². The van der Waals surface area contributed by atoms with E-state index in [1.54, 1.807) is 31.4 Å². The zero-order valence-corrected chi connectivity index (χ0v) is 15.5. The van der Waals surface area contributed by atoms with Crippen LogP contribution in [0.25, 0.3) is 0 Å². The lowest BCUT2D eigenvalue weighted by Crippen LogP contribution is -3.13. The van der Waals surface area contributed by atoms with Crippen molar-refractivity contribution in [2.45, 2.75) is 20.3 Å². The number of nitrogens with zero attached hydrogens (tertiary/aromatic N) is 3. The number of nitro groups is 1. The van der Waals surface area contributed by atoms with Gasteiger partial charge in [0, 0.05) is 30.8 Å². The van der Waals surface area contributed by atoms with Crippen LogP contribution in [-0.4, -0.2) is 24.5 Å². The Kier molecular flexibility index (Phi) is 4.16. The zero-order chi connectivity index (χ0) is 19.1. The molecule has 0 bridgehead atoms. The normalized spacial score (nSPS) is 18.6. The average Bonchev–Trinajstić information content (AvgIpc) is 2.84. The Balaban J connectivity index is 1.83. The van der Waals surface area contributed by atoms with Gasteiger partial charge in [0.15, 0.2) is 6.67 Å². The van der Waals surface area contributed by atoms with E-state index in [1.807, 2.05) is 19.1 Å². The van der Waals surface area contributed by atoms with Gasteiger partial charge in [-0.05, 0) is 30.7 Å². The molecule has 7 heteroatoms. The largest absolute Gasteiger partial charge is 0.497 e. The van der Waals surface area contributed by atoms with Crippen LogP contribution < -0.4 is 14.5 Å². The van der Waals surface area contributed by atoms with E-state index in [9.17, 15) is 10.1 Å². The van der Waals surface area contributed by atoms with Crippen LogP contribution in [0.4, 0.5) is 17.1 Å². The summed E-state index contributed by atoms with van der Waals surface area (Å²) in [5.74, 6) is 1.88. The molecule has 138 valence electrons. The molecule has 2 heterocycles. The summed E-state index contributed by atoms with van der Waals surface area (Å²) in [4.78, 5) is 18.8. The number of benzene rings is 2. The third kappa shape index (κ3) is 2.96. The van der Waals surface area contributed by atoms with Crippen LogP contribution in [0.5, 0.6) is 5.75 Å². The molecule has 0 radical (unpaired) electrons. The van der Waals surface area contributed by atoms with Gasteiger partial charge in [-0.1, -0.05) is 6.07 Å². The van der Waals surface area contributed by atoms with Gasteiger partial charge in [-0.3, -0.25) is 15.0 Å². The van der Waals surface area contributed by atoms with Crippen LogP contribution in [0, 0.1) is 10.1 Å². The second-order valence-corrected chi connectivity index (χ2v) is 6.78. The van der Waals surface area contributed by atoms with E-state index in [0.29, 0.717) is 6.67 Å². The Morgan fingerprint density at radius 3 is 2.59 bits per heavy atom. The molecular weight excluding hydrogens is 344 g/mol.